The van der Waals surface area contributed by atoms with Crippen molar-refractivity contribution in [1.29, 1.82) is 0 Å². The van der Waals surface area contributed by atoms with Gasteiger partial charge in [-0.2, -0.15) is 0 Å². The van der Waals surface area contributed by atoms with Crippen LogP contribution in [0.3, 0.4) is 0 Å². The van der Waals surface area contributed by atoms with E-state index >= 15 is 0 Å². The van der Waals surface area contributed by atoms with Crippen LogP contribution in [0.25, 0.3) is 0 Å². The first-order valence-electron chi connectivity index (χ1n) is 5.33. The summed E-state index contributed by atoms with van der Waals surface area (Å²) in [6, 6.07) is 0. The quantitative estimate of drug-likeness (QED) is 0.767. The van der Waals surface area contributed by atoms with Gasteiger partial charge >= 0.3 is 12.1 Å². The van der Waals surface area contributed by atoms with Crippen LogP contribution in [0.2, 0.25) is 0 Å². The largest absolute Gasteiger partial charge is 0.481 e. The number of amides is 1. The van der Waals surface area contributed by atoms with Gasteiger partial charge in [0.1, 0.15) is 5.60 Å². The van der Waals surface area contributed by atoms with Crippen LogP contribution in [-0.4, -0.2) is 29.3 Å². The minimum atomic E-state index is -0.911. The fraction of sp³-hybridized carbons (Fsp3) is 0.818. The average Bonchev–Trinajstić information content (AvgIpc) is 1.98. The monoisotopic (exact) mass is 338 g/mol. The van der Waals surface area contributed by atoms with Gasteiger partial charge in [0.25, 0.3) is 0 Å². The number of rotatable bonds is 4. The van der Waals surface area contributed by atoms with Gasteiger partial charge in [-0.25, -0.2) is 4.79 Å². The van der Waals surface area contributed by atoms with Crippen LogP contribution >= 0.6 is 0 Å². The minimum absolute atomic E-state index is 0. The summed E-state index contributed by atoms with van der Waals surface area (Å²) in [7, 11) is 0. The Balaban J connectivity index is 0. The Morgan fingerprint density at radius 2 is 1.76 bits per heavy atom. The molecule has 0 aromatic carbocycles. The number of carbonyl (C=O) groups excluding carboxylic acids is 1. The summed E-state index contributed by atoms with van der Waals surface area (Å²) >= 11 is 0. The third-order valence-corrected chi connectivity index (χ3v) is 1.99. The van der Waals surface area contributed by atoms with Crippen molar-refractivity contribution >= 4 is 12.1 Å². The Morgan fingerprint density at radius 3 is 2.06 bits per heavy atom. The van der Waals surface area contributed by atoms with E-state index in [1.54, 1.807) is 34.6 Å². The zero-order chi connectivity index (χ0) is 12.9. The van der Waals surface area contributed by atoms with E-state index in [2.05, 4.69) is 5.32 Å². The molecule has 0 spiro atoms. The van der Waals surface area contributed by atoms with E-state index in [4.69, 9.17) is 9.84 Å². The van der Waals surface area contributed by atoms with Crippen molar-refractivity contribution in [2.75, 3.05) is 6.54 Å². The van der Waals surface area contributed by atoms with E-state index in [1.165, 1.54) is 0 Å². The molecule has 1 radical (unpaired) electrons. The Hall–Kier alpha value is -0.520. The molecule has 6 heteroatoms. The zero-order valence-corrected chi connectivity index (χ0v) is 12.3. The molecule has 0 bridgehead atoms. The number of hydrogen-bond donors (Lipinski definition) is 2. The number of carbonyl (C=O) groups is 2. The Bertz CT molecular complexity index is 261. The molecule has 1 atom stereocenters. The summed E-state index contributed by atoms with van der Waals surface area (Å²) in [6.45, 7) is 8.95. The maximum atomic E-state index is 11.3. The molecule has 5 nitrogen and oxygen atoms in total. The fourth-order valence-corrected chi connectivity index (χ4v) is 1.12. The molecular formula is C11H21AgNO4. The fourth-order valence-electron chi connectivity index (χ4n) is 1.12. The Kier molecular flexibility index (Phi) is 8.57. The molecule has 17 heavy (non-hydrogen) atoms. The van der Waals surface area contributed by atoms with Crippen LogP contribution in [0.1, 0.15) is 34.6 Å². The maximum absolute atomic E-state index is 11.3. The van der Waals surface area contributed by atoms with Crippen LogP contribution in [0.5, 0.6) is 0 Å². The molecule has 1 amide bonds. The number of hydrogen-bond acceptors (Lipinski definition) is 3. The second kappa shape index (κ2) is 7.74. The number of ether oxygens (including phenoxy) is 1. The predicted octanol–water partition coefficient (Wildman–Crippen LogP) is 1.87. The van der Waals surface area contributed by atoms with Crippen molar-refractivity contribution in [1.82, 2.24) is 5.32 Å². The summed E-state index contributed by atoms with van der Waals surface area (Å²) in [5.41, 5.74) is -0.569. The average molecular weight is 339 g/mol. The summed E-state index contributed by atoms with van der Waals surface area (Å²) in [5, 5.41) is 11.4. The molecule has 0 fully saturated rings. The van der Waals surface area contributed by atoms with Crippen molar-refractivity contribution in [3.05, 3.63) is 0 Å². The van der Waals surface area contributed by atoms with Gasteiger partial charge in [-0.15, -0.1) is 0 Å². The Labute approximate surface area is 118 Å². The number of aliphatic carboxylic acids is 1. The third kappa shape index (κ3) is 9.21. The molecule has 0 rings (SSSR count). The molecule has 0 aliphatic rings. The van der Waals surface area contributed by atoms with Gasteiger partial charge in [0.2, 0.25) is 0 Å². The standard InChI is InChI=1S/C11H21NO4.Ag/c1-7(2)8(9(13)14)6-12-10(15)16-11(3,4)5;/h7-8H,6H2,1-5H3,(H,12,15)(H,13,14);. The predicted molar refractivity (Wildman–Crippen MR) is 60.2 cm³/mol. The van der Waals surface area contributed by atoms with E-state index in [0.29, 0.717) is 0 Å². The summed E-state index contributed by atoms with van der Waals surface area (Å²) < 4.78 is 5.00. The number of nitrogens with one attached hydrogen (secondary N) is 1. The number of carboxylic acid groups (broad SMARTS) is 1. The molecule has 0 saturated heterocycles. The van der Waals surface area contributed by atoms with Crippen LogP contribution in [-0.2, 0) is 31.9 Å². The SMILES string of the molecule is CC(C)C(CNC(=O)OC(C)(C)C)C(=O)O.[Ag]. The topological polar surface area (TPSA) is 75.6 Å². The van der Waals surface area contributed by atoms with Gasteiger partial charge < -0.3 is 15.2 Å². The van der Waals surface area contributed by atoms with Gasteiger partial charge in [-0.1, -0.05) is 13.8 Å². The van der Waals surface area contributed by atoms with Gasteiger partial charge in [-0.3, -0.25) is 4.79 Å². The molecule has 105 valence electrons. The van der Waals surface area contributed by atoms with Crippen molar-refractivity contribution < 1.29 is 41.8 Å². The van der Waals surface area contributed by atoms with Gasteiger partial charge in [0, 0.05) is 28.9 Å². The summed E-state index contributed by atoms with van der Waals surface area (Å²) in [5.74, 6) is -1.54. The van der Waals surface area contributed by atoms with Gasteiger partial charge in [0.05, 0.1) is 5.92 Å². The number of alkyl carbamates (subject to hydrolysis) is 1. The van der Waals surface area contributed by atoms with Crippen LogP contribution in [0.15, 0.2) is 0 Å². The third-order valence-electron chi connectivity index (χ3n) is 1.99. The van der Waals surface area contributed by atoms with E-state index in [-0.39, 0.29) is 34.8 Å². The molecule has 0 aromatic rings. The zero-order valence-electron chi connectivity index (χ0n) is 10.8. The van der Waals surface area contributed by atoms with E-state index in [1.807, 2.05) is 0 Å². The van der Waals surface area contributed by atoms with Gasteiger partial charge in [-0.05, 0) is 26.7 Å². The number of carboxylic acids is 1. The van der Waals surface area contributed by atoms with Crippen molar-refractivity contribution in [2.24, 2.45) is 11.8 Å². The second-order valence-corrected chi connectivity index (χ2v) is 5.07. The van der Waals surface area contributed by atoms with E-state index in [0.717, 1.165) is 0 Å². The van der Waals surface area contributed by atoms with E-state index < -0.39 is 23.6 Å². The molecule has 2 N–H and O–H groups in total. The molecule has 0 heterocycles. The molecular weight excluding hydrogens is 318 g/mol. The second-order valence-electron chi connectivity index (χ2n) is 5.07. The maximum Gasteiger partial charge on any atom is 0.407 e. The molecule has 1 unspecified atom stereocenters. The normalized spacial score (nSPS) is 12.6. The first-order valence-corrected chi connectivity index (χ1v) is 5.33. The first kappa shape index (κ1) is 18.8. The Morgan fingerprint density at radius 1 is 1.29 bits per heavy atom. The van der Waals surface area contributed by atoms with Crippen LogP contribution in [0.4, 0.5) is 4.79 Å². The molecule has 0 aromatic heterocycles. The molecule has 0 aliphatic heterocycles. The summed E-state index contributed by atoms with van der Waals surface area (Å²) in [4.78, 5) is 22.1. The van der Waals surface area contributed by atoms with Crippen molar-refractivity contribution in [3.8, 4) is 0 Å². The van der Waals surface area contributed by atoms with Crippen LogP contribution < -0.4 is 5.32 Å². The van der Waals surface area contributed by atoms with E-state index in [9.17, 15) is 9.59 Å². The smallest absolute Gasteiger partial charge is 0.407 e. The minimum Gasteiger partial charge on any atom is -0.481 e. The van der Waals surface area contributed by atoms with Gasteiger partial charge in [0.15, 0.2) is 0 Å². The van der Waals surface area contributed by atoms with Crippen molar-refractivity contribution in [3.63, 3.8) is 0 Å². The van der Waals surface area contributed by atoms with Crippen LogP contribution in [0, 0.1) is 11.8 Å². The molecule has 0 saturated carbocycles. The summed E-state index contributed by atoms with van der Waals surface area (Å²) in [6.07, 6.45) is -0.584. The first-order chi connectivity index (χ1) is 7.13. The molecule has 0 aliphatic carbocycles. The van der Waals surface area contributed by atoms with Crippen molar-refractivity contribution in [2.45, 2.75) is 40.2 Å².